The third-order valence-electron chi connectivity index (χ3n) is 3.27. The normalized spacial score (nSPS) is 12.4. The maximum absolute atomic E-state index is 4.69. The summed E-state index contributed by atoms with van der Waals surface area (Å²) in [6.45, 7) is 3.88. The van der Waals surface area contributed by atoms with Crippen LogP contribution < -0.4 is 5.32 Å². The number of aromatic nitrogens is 3. The predicted molar refractivity (Wildman–Crippen MR) is 86.1 cm³/mol. The average molecular weight is 298 g/mol. The van der Waals surface area contributed by atoms with Gasteiger partial charge in [-0.3, -0.25) is 0 Å². The molecule has 108 valence electrons. The van der Waals surface area contributed by atoms with Crippen LogP contribution in [0.15, 0.2) is 54.4 Å². The van der Waals surface area contributed by atoms with Crippen molar-refractivity contribution in [3.63, 3.8) is 0 Å². The lowest BCUT2D eigenvalue weighted by Crippen LogP contribution is -2.29. The molecular weight excluding hydrogens is 280 g/mol. The van der Waals surface area contributed by atoms with Crippen molar-refractivity contribution in [3.8, 4) is 11.3 Å². The highest BCUT2D eigenvalue weighted by molar-refractivity contribution is 7.09. The highest BCUT2D eigenvalue weighted by atomic mass is 32.1. The minimum Gasteiger partial charge on any atom is -0.336 e. The Kier molecular flexibility index (Phi) is 4.43. The Morgan fingerprint density at radius 2 is 2.14 bits per heavy atom. The standard InChI is InChI=1S/C16H18N4S/c1-13(10-20-8-7-17-12-20)18-9-16-19-15(11-21-16)14-5-3-2-4-6-14/h2-8,11-13,18H,9-10H2,1H3/t13-/m0/s1. The first-order valence-electron chi connectivity index (χ1n) is 7.00. The second kappa shape index (κ2) is 6.65. The maximum Gasteiger partial charge on any atom is 0.107 e. The molecule has 1 aromatic carbocycles. The van der Waals surface area contributed by atoms with Gasteiger partial charge in [0.15, 0.2) is 0 Å². The molecule has 0 unspecified atom stereocenters. The Morgan fingerprint density at radius 1 is 1.29 bits per heavy atom. The van der Waals surface area contributed by atoms with Crippen molar-refractivity contribution in [3.05, 3.63) is 59.4 Å². The summed E-state index contributed by atoms with van der Waals surface area (Å²) in [6.07, 6.45) is 5.63. The van der Waals surface area contributed by atoms with E-state index in [2.05, 4.69) is 44.3 Å². The molecule has 0 radical (unpaired) electrons. The zero-order valence-corrected chi connectivity index (χ0v) is 12.8. The van der Waals surface area contributed by atoms with Crippen LogP contribution in [0.3, 0.4) is 0 Å². The third kappa shape index (κ3) is 3.77. The molecule has 1 atom stereocenters. The van der Waals surface area contributed by atoms with E-state index < -0.39 is 0 Å². The van der Waals surface area contributed by atoms with Gasteiger partial charge < -0.3 is 9.88 Å². The monoisotopic (exact) mass is 298 g/mol. The lowest BCUT2D eigenvalue weighted by Gasteiger charge is -2.13. The Hall–Kier alpha value is -1.98. The molecule has 4 nitrogen and oxygen atoms in total. The quantitative estimate of drug-likeness (QED) is 0.760. The van der Waals surface area contributed by atoms with Gasteiger partial charge in [-0.15, -0.1) is 11.3 Å². The minimum absolute atomic E-state index is 0.378. The molecule has 2 aromatic heterocycles. The first-order valence-corrected chi connectivity index (χ1v) is 7.88. The van der Waals surface area contributed by atoms with Crippen molar-refractivity contribution in [2.24, 2.45) is 0 Å². The van der Waals surface area contributed by atoms with E-state index in [1.807, 2.05) is 30.7 Å². The molecule has 0 amide bonds. The highest BCUT2D eigenvalue weighted by Gasteiger charge is 2.06. The van der Waals surface area contributed by atoms with Gasteiger partial charge in [0, 0.05) is 42.5 Å². The number of hydrogen-bond donors (Lipinski definition) is 1. The fraction of sp³-hybridized carbons (Fsp3) is 0.250. The SMILES string of the molecule is C[C@@H](Cn1ccnc1)NCc1nc(-c2ccccc2)cs1. The van der Waals surface area contributed by atoms with Gasteiger partial charge in [-0.25, -0.2) is 9.97 Å². The smallest absolute Gasteiger partial charge is 0.107 e. The number of nitrogens with one attached hydrogen (secondary N) is 1. The van der Waals surface area contributed by atoms with E-state index in [1.165, 1.54) is 5.56 Å². The number of thiazole rings is 1. The summed E-state index contributed by atoms with van der Waals surface area (Å²) < 4.78 is 2.08. The van der Waals surface area contributed by atoms with Gasteiger partial charge in [0.25, 0.3) is 0 Å². The lowest BCUT2D eigenvalue weighted by atomic mass is 10.2. The van der Waals surface area contributed by atoms with Gasteiger partial charge in [0.2, 0.25) is 0 Å². The largest absolute Gasteiger partial charge is 0.336 e. The van der Waals surface area contributed by atoms with Crippen molar-refractivity contribution < 1.29 is 0 Å². The van der Waals surface area contributed by atoms with Crippen molar-refractivity contribution in [1.29, 1.82) is 0 Å². The molecule has 0 saturated carbocycles. The van der Waals surface area contributed by atoms with Crippen LogP contribution in [0.25, 0.3) is 11.3 Å². The summed E-state index contributed by atoms with van der Waals surface area (Å²) in [7, 11) is 0. The van der Waals surface area contributed by atoms with Crippen LogP contribution in [0.5, 0.6) is 0 Å². The van der Waals surface area contributed by atoms with Gasteiger partial charge in [-0.2, -0.15) is 0 Å². The average Bonchev–Trinajstić information content (AvgIpc) is 3.17. The molecular formula is C16H18N4S. The van der Waals surface area contributed by atoms with Crippen LogP contribution >= 0.6 is 11.3 Å². The number of nitrogens with zero attached hydrogens (tertiary/aromatic N) is 3. The van der Waals surface area contributed by atoms with Crippen LogP contribution in [-0.4, -0.2) is 20.6 Å². The summed E-state index contributed by atoms with van der Waals surface area (Å²) in [5.74, 6) is 0. The molecule has 0 spiro atoms. The molecule has 5 heteroatoms. The van der Waals surface area contributed by atoms with Gasteiger partial charge in [-0.05, 0) is 6.92 Å². The van der Waals surface area contributed by atoms with Gasteiger partial charge >= 0.3 is 0 Å². The summed E-state index contributed by atoms with van der Waals surface area (Å²) >= 11 is 1.70. The van der Waals surface area contributed by atoms with Gasteiger partial charge in [0.1, 0.15) is 5.01 Å². The molecule has 21 heavy (non-hydrogen) atoms. The van der Waals surface area contributed by atoms with Crippen LogP contribution in [0.2, 0.25) is 0 Å². The maximum atomic E-state index is 4.69. The minimum atomic E-state index is 0.378. The van der Waals surface area contributed by atoms with Crippen LogP contribution in [-0.2, 0) is 13.1 Å². The lowest BCUT2D eigenvalue weighted by molar-refractivity contribution is 0.475. The van der Waals surface area contributed by atoms with Crippen molar-refractivity contribution in [1.82, 2.24) is 19.9 Å². The van der Waals surface area contributed by atoms with Crippen LogP contribution in [0.4, 0.5) is 0 Å². The van der Waals surface area contributed by atoms with E-state index in [4.69, 9.17) is 0 Å². The molecule has 3 rings (SSSR count). The van der Waals surface area contributed by atoms with Gasteiger partial charge in [0.05, 0.1) is 12.0 Å². The first kappa shape index (κ1) is 14.0. The third-order valence-corrected chi connectivity index (χ3v) is 4.12. The van der Waals surface area contributed by atoms with E-state index in [9.17, 15) is 0 Å². The zero-order chi connectivity index (χ0) is 14.5. The molecule has 0 bridgehead atoms. The van der Waals surface area contributed by atoms with Crippen molar-refractivity contribution in [2.75, 3.05) is 0 Å². The van der Waals surface area contributed by atoms with Crippen molar-refractivity contribution in [2.45, 2.75) is 26.1 Å². The van der Waals surface area contributed by atoms with E-state index in [-0.39, 0.29) is 0 Å². The topological polar surface area (TPSA) is 42.7 Å². The Balaban J connectivity index is 1.55. The summed E-state index contributed by atoms with van der Waals surface area (Å²) in [5, 5.41) is 6.74. The second-order valence-electron chi connectivity index (χ2n) is 5.03. The Bertz CT molecular complexity index is 661. The fourth-order valence-electron chi connectivity index (χ4n) is 2.17. The summed E-state index contributed by atoms with van der Waals surface area (Å²) in [6, 6.07) is 10.7. The molecule has 1 N–H and O–H groups in total. The number of imidazole rings is 1. The van der Waals surface area contributed by atoms with Gasteiger partial charge in [-0.1, -0.05) is 30.3 Å². The van der Waals surface area contributed by atoms with Crippen molar-refractivity contribution >= 4 is 11.3 Å². The number of hydrogen-bond acceptors (Lipinski definition) is 4. The highest BCUT2D eigenvalue weighted by Crippen LogP contribution is 2.21. The first-order chi connectivity index (χ1) is 10.3. The van der Waals surface area contributed by atoms with Crippen LogP contribution in [0.1, 0.15) is 11.9 Å². The van der Waals surface area contributed by atoms with E-state index in [0.29, 0.717) is 6.04 Å². The number of benzene rings is 1. The van der Waals surface area contributed by atoms with E-state index in [1.54, 1.807) is 17.5 Å². The van der Waals surface area contributed by atoms with Crippen LogP contribution in [0, 0.1) is 0 Å². The molecule has 0 saturated heterocycles. The molecule has 0 aliphatic heterocycles. The molecule has 2 heterocycles. The zero-order valence-electron chi connectivity index (χ0n) is 11.9. The molecule has 0 aliphatic carbocycles. The molecule has 0 aliphatic rings. The summed E-state index contributed by atoms with van der Waals surface area (Å²) in [4.78, 5) is 8.74. The van der Waals surface area contributed by atoms with E-state index in [0.717, 1.165) is 23.8 Å². The number of rotatable bonds is 6. The Labute approximate surface area is 128 Å². The molecule has 3 aromatic rings. The molecule has 0 fully saturated rings. The Morgan fingerprint density at radius 3 is 2.90 bits per heavy atom. The predicted octanol–water partition coefficient (Wildman–Crippen LogP) is 3.18. The second-order valence-corrected chi connectivity index (χ2v) is 5.98. The fourth-order valence-corrected chi connectivity index (χ4v) is 2.92. The van der Waals surface area contributed by atoms with E-state index >= 15 is 0 Å². The summed E-state index contributed by atoms with van der Waals surface area (Å²) in [5.41, 5.74) is 2.23.